The van der Waals surface area contributed by atoms with Crippen molar-refractivity contribution in [1.29, 1.82) is 0 Å². The van der Waals surface area contributed by atoms with Gasteiger partial charge in [-0.25, -0.2) is 4.79 Å². The highest BCUT2D eigenvalue weighted by Crippen LogP contribution is 2.47. The summed E-state index contributed by atoms with van der Waals surface area (Å²) in [5.41, 5.74) is 0.208. The Kier molecular flexibility index (Phi) is 7.38. The van der Waals surface area contributed by atoms with Crippen LogP contribution < -0.4 is 0 Å². The molecule has 0 aliphatic carbocycles. The van der Waals surface area contributed by atoms with Crippen LogP contribution in [0.25, 0.3) is 0 Å². The van der Waals surface area contributed by atoms with Gasteiger partial charge in [-0.2, -0.15) is 0 Å². The fourth-order valence-electron chi connectivity index (χ4n) is 3.32. The molecule has 3 saturated heterocycles. The molecule has 0 amide bonds. The molecule has 0 N–H and O–H groups in total. The number of hydrogen-bond donors (Lipinski definition) is 0. The van der Waals surface area contributed by atoms with E-state index in [1.54, 1.807) is 0 Å². The number of alkyl halides is 1. The van der Waals surface area contributed by atoms with Gasteiger partial charge in [-0.3, -0.25) is 9.18 Å². The van der Waals surface area contributed by atoms with Gasteiger partial charge in [0.15, 0.2) is 12.2 Å². The lowest BCUT2D eigenvalue weighted by Gasteiger charge is -2.22. The molecule has 2 bridgehead atoms. The second-order valence-electron chi connectivity index (χ2n) is 6.16. The molecule has 0 radical (unpaired) electrons. The monoisotopic (exact) mass is 358 g/mol. The summed E-state index contributed by atoms with van der Waals surface area (Å²) in [6.07, 6.45) is 0.940. The van der Waals surface area contributed by atoms with Crippen LogP contribution in [0, 0.1) is 5.92 Å². The van der Waals surface area contributed by atoms with E-state index in [-0.39, 0.29) is 42.9 Å². The van der Waals surface area contributed by atoms with Crippen LogP contribution in [0.2, 0.25) is 0 Å². The summed E-state index contributed by atoms with van der Waals surface area (Å²) in [4.78, 5) is 23.7. The molecule has 3 heterocycles. The molecule has 0 aromatic carbocycles. The number of unbranched alkanes of at least 4 members (excludes halogenated alkanes) is 2. The summed E-state index contributed by atoms with van der Waals surface area (Å²) in [7, 11) is 0. The average molecular weight is 358 g/mol. The second kappa shape index (κ2) is 9.29. The van der Waals surface area contributed by atoms with E-state index in [2.05, 4.69) is 6.58 Å². The van der Waals surface area contributed by atoms with Crippen molar-refractivity contribution in [2.24, 2.45) is 5.92 Å². The predicted octanol–water partition coefficient (Wildman–Crippen LogP) is 2.35. The minimum Gasteiger partial charge on any atom is -0.455 e. The highest BCUT2D eigenvalue weighted by atomic mass is 19.1. The van der Waals surface area contributed by atoms with E-state index >= 15 is 0 Å². The molecule has 0 saturated carbocycles. The number of hydrogen-bond acceptors (Lipinski definition) is 6. The Labute approximate surface area is 147 Å². The smallest absolute Gasteiger partial charge is 0.336 e. The van der Waals surface area contributed by atoms with E-state index in [4.69, 9.17) is 18.9 Å². The van der Waals surface area contributed by atoms with Crippen LogP contribution in [0.1, 0.15) is 39.5 Å². The molecule has 3 aliphatic heterocycles. The van der Waals surface area contributed by atoms with Gasteiger partial charge in [0.05, 0.1) is 30.9 Å². The van der Waals surface area contributed by atoms with Crippen molar-refractivity contribution >= 4 is 11.9 Å². The summed E-state index contributed by atoms with van der Waals surface area (Å²) < 4.78 is 33.5. The van der Waals surface area contributed by atoms with Crippen molar-refractivity contribution in [3.05, 3.63) is 12.2 Å². The van der Waals surface area contributed by atoms with E-state index in [9.17, 15) is 14.0 Å². The van der Waals surface area contributed by atoms with Crippen molar-refractivity contribution in [3.8, 4) is 0 Å². The van der Waals surface area contributed by atoms with Gasteiger partial charge in [0.2, 0.25) is 0 Å². The summed E-state index contributed by atoms with van der Waals surface area (Å²) >= 11 is 0. The number of halogens is 1. The highest BCUT2D eigenvalue weighted by Gasteiger charge is 2.65. The molecular weight excluding hydrogens is 331 g/mol. The molecule has 3 rings (SSSR count). The van der Waals surface area contributed by atoms with Crippen LogP contribution in [0.4, 0.5) is 4.39 Å². The van der Waals surface area contributed by atoms with Crippen LogP contribution in [0.15, 0.2) is 12.2 Å². The Bertz CT molecular complexity index is 494. The van der Waals surface area contributed by atoms with Crippen molar-refractivity contribution in [2.45, 2.75) is 63.9 Å². The van der Waals surface area contributed by atoms with Gasteiger partial charge in [-0.15, -0.1) is 0 Å². The van der Waals surface area contributed by atoms with E-state index in [0.29, 0.717) is 19.4 Å². The fraction of sp³-hybridized carbons (Fsp3) is 0.778. The van der Waals surface area contributed by atoms with Crippen LogP contribution in [0.3, 0.4) is 0 Å². The number of carbonyl (C=O) groups excluding carboxylic acids is 2. The lowest BCUT2D eigenvalue weighted by atomic mass is 9.88. The SMILES string of the molecule is C=C(COCCCCCF)C(=O)OC1C2CC3C(=O)OC1C3O2.CC. The number of carbonyl (C=O) groups is 2. The molecule has 6 nitrogen and oxygen atoms in total. The fourth-order valence-corrected chi connectivity index (χ4v) is 3.32. The Hall–Kier alpha value is -1.47. The molecule has 0 aromatic rings. The number of fused-ring (bicyclic) bond motifs is 1. The minimum absolute atomic E-state index is 0.0726. The molecule has 5 atom stereocenters. The summed E-state index contributed by atoms with van der Waals surface area (Å²) in [6.45, 7) is 7.86. The Balaban J connectivity index is 0.00000109. The summed E-state index contributed by atoms with van der Waals surface area (Å²) in [6, 6.07) is 0. The first-order chi connectivity index (χ1) is 12.1. The first kappa shape index (κ1) is 19.8. The van der Waals surface area contributed by atoms with Gasteiger partial charge in [0.1, 0.15) is 6.10 Å². The summed E-state index contributed by atoms with van der Waals surface area (Å²) in [5.74, 6) is -1.04. The van der Waals surface area contributed by atoms with Crippen molar-refractivity contribution < 1.29 is 32.9 Å². The third kappa shape index (κ3) is 4.39. The molecule has 25 heavy (non-hydrogen) atoms. The molecule has 5 unspecified atom stereocenters. The molecule has 0 aromatic heterocycles. The third-order valence-corrected chi connectivity index (χ3v) is 4.51. The molecular formula is C18H27FO6. The zero-order valence-electron chi connectivity index (χ0n) is 14.9. The Morgan fingerprint density at radius 1 is 1.28 bits per heavy atom. The van der Waals surface area contributed by atoms with Gasteiger partial charge in [0, 0.05) is 6.61 Å². The second-order valence-corrected chi connectivity index (χ2v) is 6.16. The van der Waals surface area contributed by atoms with E-state index in [1.807, 2.05) is 13.8 Å². The quantitative estimate of drug-likeness (QED) is 0.358. The van der Waals surface area contributed by atoms with E-state index in [1.165, 1.54) is 0 Å². The maximum Gasteiger partial charge on any atom is 0.336 e. The minimum atomic E-state index is -0.561. The maximum atomic E-state index is 12.1. The zero-order chi connectivity index (χ0) is 18.4. The Morgan fingerprint density at radius 3 is 2.76 bits per heavy atom. The number of ether oxygens (including phenoxy) is 4. The molecule has 3 aliphatic rings. The van der Waals surface area contributed by atoms with Crippen molar-refractivity contribution in [1.82, 2.24) is 0 Å². The van der Waals surface area contributed by atoms with Gasteiger partial charge >= 0.3 is 11.9 Å². The van der Waals surface area contributed by atoms with Crippen molar-refractivity contribution in [3.63, 3.8) is 0 Å². The van der Waals surface area contributed by atoms with Crippen molar-refractivity contribution in [2.75, 3.05) is 19.9 Å². The lowest BCUT2D eigenvalue weighted by molar-refractivity contribution is -0.157. The zero-order valence-corrected chi connectivity index (χ0v) is 14.9. The number of rotatable bonds is 9. The molecule has 7 heteroatoms. The van der Waals surface area contributed by atoms with Crippen LogP contribution >= 0.6 is 0 Å². The predicted molar refractivity (Wildman–Crippen MR) is 87.7 cm³/mol. The van der Waals surface area contributed by atoms with Crippen LogP contribution in [-0.4, -0.2) is 56.2 Å². The average Bonchev–Trinajstić information content (AvgIpc) is 3.24. The molecule has 0 spiro atoms. The lowest BCUT2D eigenvalue weighted by Crippen LogP contribution is -2.40. The topological polar surface area (TPSA) is 71.1 Å². The van der Waals surface area contributed by atoms with E-state index in [0.717, 1.165) is 12.8 Å². The van der Waals surface area contributed by atoms with E-state index < -0.39 is 18.2 Å². The highest BCUT2D eigenvalue weighted by molar-refractivity contribution is 5.88. The molecule has 142 valence electrons. The van der Waals surface area contributed by atoms with Gasteiger partial charge in [-0.1, -0.05) is 20.4 Å². The van der Waals surface area contributed by atoms with Gasteiger partial charge < -0.3 is 18.9 Å². The first-order valence-corrected chi connectivity index (χ1v) is 9.00. The third-order valence-electron chi connectivity index (χ3n) is 4.51. The largest absolute Gasteiger partial charge is 0.455 e. The van der Waals surface area contributed by atoms with Gasteiger partial charge in [-0.05, 0) is 25.7 Å². The maximum absolute atomic E-state index is 12.1. The Morgan fingerprint density at radius 2 is 2.04 bits per heavy atom. The van der Waals surface area contributed by atoms with Gasteiger partial charge in [0.25, 0.3) is 0 Å². The summed E-state index contributed by atoms with van der Waals surface area (Å²) in [5, 5.41) is 0. The number of esters is 2. The first-order valence-electron chi connectivity index (χ1n) is 9.00. The van der Waals surface area contributed by atoms with Crippen LogP contribution in [0.5, 0.6) is 0 Å². The van der Waals surface area contributed by atoms with Crippen LogP contribution in [-0.2, 0) is 28.5 Å². The normalized spacial score (nSPS) is 31.3. The standard InChI is InChI=1S/C16H21FO6.C2H6/c1-9(8-20-6-4-2-3-5-17)15(18)22-13-11-7-10-12(21-11)14(13)23-16(10)19;1-2/h10-14H,1-8H2;1-2H3. The molecule has 3 fully saturated rings.